The van der Waals surface area contributed by atoms with E-state index in [1.54, 1.807) is 45.6 Å². The molecular weight excluding hydrogens is 524 g/mol. The first-order chi connectivity index (χ1) is 19.4. The van der Waals surface area contributed by atoms with Crippen LogP contribution in [0.3, 0.4) is 0 Å². The van der Waals surface area contributed by atoms with Gasteiger partial charge in [-0.3, -0.25) is 0 Å². The molecular formula is C29H32O11. The van der Waals surface area contributed by atoms with Gasteiger partial charge in [-0.2, -0.15) is 0 Å². The Balaban J connectivity index is 1.77. The van der Waals surface area contributed by atoms with Crippen molar-refractivity contribution in [1.82, 2.24) is 0 Å². The molecule has 11 heteroatoms. The second-order valence-corrected chi connectivity index (χ2v) is 9.27. The molecule has 0 bridgehead atoms. The number of ether oxygens (including phenoxy) is 9. The van der Waals surface area contributed by atoms with Crippen LogP contribution in [-0.4, -0.2) is 84.9 Å². The number of methoxy groups -OCH3 is 6. The number of rotatable bonds is 9. The average molecular weight is 557 g/mol. The minimum atomic E-state index is -0.892. The fourth-order valence-electron chi connectivity index (χ4n) is 5.37. The van der Waals surface area contributed by atoms with Crippen molar-refractivity contribution in [2.24, 2.45) is 0 Å². The lowest BCUT2D eigenvalue weighted by Crippen LogP contribution is -2.57. The summed E-state index contributed by atoms with van der Waals surface area (Å²) < 4.78 is 51.6. The Morgan fingerprint density at radius 1 is 0.800 bits per heavy atom. The summed E-state index contributed by atoms with van der Waals surface area (Å²) in [6.45, 7) is 0.187. The van der Waals surface area contributed by atoms with Gasteiger partial charge >= 0.3 is 5.97 Å². The first-order valence-electron chi connectivity index (χ1n) is 12.6. The van der Waals surface area contributed by atoms with Crippen LogP contribution in [0.15, 0.2) is 30.3 Å². The lowest BCUT2D eigenvalue weighted by atomic mass is 9.89. The van der Waals surface area contributed by atoms with Crippen LogP contribution in [0.4, 0.5) is 0 Å². The summed E-state index contributed by atoms with van der Waals surface area (Å²) >= 11 is 0. The Hall–Kier alpha value is -3.77. The number of carbonyl (C=O) groups is 1. The quantitative estimate of drug-likeness (QED) is 0.389. The molecule has 1 saturated heterocycles. The highest BCUT2D eigenvalue weighted by molar-refractivity contribution is 6.14. The molecule has 0 aliphatic carbocycles. The molecule has 0 aromatic heterocycles. The molecule has 214 valence electrons. The molecule has 1 N–H and O–H groups in total. The van der Waals surface area contributed by atoms with Crippen LogP contribution < -0.4 is 18.9 Å². The number of phenolic OH excluding ortho intramolecular Hbond substituents is 1. The number of aromatic hydroxyl groups is 1. The van der Waals surface area contributed by atoms with E-state index in [4.69, 9.17) is 42.6 Å². The minimum absolute atomic E-state index is 0.0191. The summed E-state index contributed by atoms with van der Waals surface area (Å²) in [5.74, 6) is 0.996. The van der Waals surface area contributed by atoms with Gasteiger partial charge in [0, 0.05) is 37.8 Å². The maximum absolute atomic E-state index is 13.2. The standard InChI is InChI=1S/C29H32O11/c1-32-19-9-14(7-8-18(19)30)23-15-10-20(33-2)21(34-3)11-16(15)25(17-12-38-28(31)24(17)23)40-29-27(37-6)26(36-5)22(35-4)13-39-29/h7-11,22,26-27,29-30H,12-13H2,1-6H3. The zero-order valence-corrected chi connectivity index (χ0v) is 23.1. The van der Waals surface area contributed by atoms with E-state index in [1.807, 2.05) is 0 Å². The summed E-state index contributed by atoms with van der Waals surface area (Å²) in [5, 5.41) is 11.5. The molecule has 0 radical (unpaired) electrons. The zero-order valence-electron chi connectivity index (χ0n) is 23.1. The van der Waals surface area contributed by atoms with Crippen molar-refractivity contribution in [3.63, 3.8) is 0 Å². The number of carbonyl (C=O) groups excluding carboxylic acids is 1. The van der Waals surface area contributed by atoms with Crippen molar-refractivity contribution in [2.75, 3.05) is 49.3 Å². The van der Waals surface area contributed by atoms with Gasteiger partial charge in [0.05, 0.1) is 33.5 Å². The van der Waals surface area contributed by atoms with Crippen LogP contribution in [0, 0.1) is 0 Å². The Bertz CT molecular complexity index is 1420. The normalized spacial score (nSPS) is 22.1. The molecule has 2 heterocycles. The molecule has 1 fully saturated rings. The van der Waals surface area contributed by atoms with Crippen LogP contribution in [-0.2, 0) is 30.3 Å². The van der Waals surface area contributed by atoms with Gasteiger partial charge in [-0.1, -0.05) is 6.07 Å². The van der Waals surface area contributed by atoms with Gasteiger partial charge in [0.1, 0.15) is 30.7 Å². The van der Waals surface area contributed by atoms with Crippen LogP contribution in [0.2, 0.25) is 0 Å². The van der Waals surface area contributed by atoms with Gasteiger partial charge < -0.3 is 47.7 Å². The first-order valence-corrected chi connectivity index (χ1v) is 12.6. The maximum Gasteiger partial charge on any atom is 0.339 e. The summed E-state index contributed by atoms with van der Waals surface area (Å²) in [6.07, 6.45) is -2.37. The maximum atomic E-state index is 13.2. The van der Waals surface area contributed by atoms with Crippen molar-refractivity contribution >= 4 is 16.7 Å². The smallest absolute Gasteiger partial charge is 0.339 e. The van der Waals surface area contributed by atoms with Gasteiger partial charge in [0.2, 0.25) is 6.29 Å². The Labute approximate surface area is 231 Å². The molecule has 5 rings (SSSR count). The van der Waals surface area contributed by atoms with E-state index in [9.17, 15) is 9.90 Å². The molecule has 2 aliphatic heterocycles. The van der Waals surface area contributed by atoms with Crippen molar-refractivity contribution in [2.45, 2.75) is 31.2 Å². The van der Waals surface area contributed by atoms with Crippen LogP contribution in [0.25, 0.3) is 21.9 Å². The third kappa shape index (κ3) is 4.54. The summed E-state index contributed by atoms with van der Waals surface area (Å²) in [6, 6.07) is 8.43. The SMILES string of the molecule is COc1cc(-c2c3c(c(OC4OCC(OC)C(OC)C4OC)c4cc(OC)c(OC)cc24)COC3=O)ccc1O. The number of benzene rings is 3. The van der Waals surface area contributed by atoms with Gasteiger partial charge in [0.25, 0.3) is 0 Å². The Morgan fingerprint density at radius 3 is 2.10 bits per heavy atom. The van der Waals surface area contributed by atoms with Gasteiger partial charge in [-0.05, 0) is 35.2 Å². The molecule has 0 spiro atoms. The Morgan fingerprint density at radius 2 is 1.48 bits per heavy atom. The molecule has 4 unspecified atom stereocenters. The summed E-state index contributed by atoms with van der Waals surface area (Å²) in [7, 11) is 9.21. The highest BCUT2D eigenvalue weighted by Crippen LogP contribution is 2.49. The number of phenols is 1. The molecule has 0 saturated carbocycles. The van der Waals surface area contributed by atoms with E-state index in [0.717, 1.165) is 0 Å². The first kappa shape index (κ1) is 27.8. The van der Waals surface area contributed by atoms with Crippen LogP contribution in [0.1, 0.15) is 15.9 Å². The topological polar surface area (TPSA) is 120 Å². The predicted octanol–water partition coefficient (Wildman–Crippen LogP) is 3.69. The van der Waals surface area contributed by atoms with E-state index in [-0.39, 0.29) is 30.8 Å². The highest BCUT2D eigenvalue weighted by Gasteiger charge is 2.44. The monoisotopic (exact) mass is 556 g/mol. The number of hydrogen-bond acceptors (Lipinski definition) is 11. The van der Waals surface area contributed by atoms with Gasteiger partial charge in [-0.25, -0.2) is 4.79 Å². The van der Waals surface area contributed by atoms with E-state index >= 15 is 0 Å². The molecule has 3 aromatic rings. The van der Waals surface area contributed by atoms with Crippen molar-refractivity contribution in [3.05, 3.63) is 41.5 Å². The molecule has 4 atom stereocenters. The molecule has 3 aromatic carbocycles. The fraction of sp³-hybridized carbons (Fsp3) is 0.414. The number of esters is 1. The minimum Gasteiger partial charge on any atom is -0.504 e. The second-order valence-electron chi connectivity index (χ2n) is 9.27. The number of hydrogen-bond donors (Lipinski definition) is 1. The predicted molar refractivity (Wildman–Crippen MR) is 143 cm³/mol. The molecule has 0 amide bonds. The molecule has 2 aliphatic rings. The summed E-state index contributed by atoms with van der Waals surface area (Å²) in [4.78, 5) is 13.2. The lowest BCUT2D eigenvalue weighted by molar-refractivity contribution is -0.258. The summed E-state index contributed by atoms with van der Waals surface area (Å²) in [5.41, 5.74) is 2.05. The average Bonchev–Trinajstić information content (AvgIpc) is 3.37. The second kappa shape index (κ2) is 11.4. The highest BCUT2D eigenvalue weighted by atomic mass is 16.7. The van der Waals surface area contributed by atoms with Crippen molar-refractivity contribution in [3.8, 4) is 39.9 Å². The number of fused-ring (bicyclic) bond motifs is 2. The largest absolute Gasteiger partial charge is 0.504 e. The van der Waals surface area contributed by atoms with Crippen molar-refractivity contribution < 1.29 is 52.5 Å². The van der Waals surface area contributed by atoms with Gasteiger partial charge in [0.15, 0.2) is 23.0 Å². The van der Waals surface area contributed by atoms with Crippen molar-refractivity contribution in [1.29, 1.82) is 0 Å². The van der Waals surface area contributed by atoms with E-state index < -0.39 is 24.5 Å². The molecule has 40 heavy (non-hydrogen) atoms. The van der Waals surface area contributed by atoms with Gasteiger partial charge in [-0.15, -0.1) is 0 Å². The van der Waals surface area contributed by atoms with E-state index in [1.165, 1.54) is 27.4 Å². The zero-order chi connectivity index (χ0) is 28.6. The molecule has 11 nitrogen and oxygen atoms in total. The fourth-order valence-corrected chi connectivity index (χ4v) is 5.37. The third-order valence-corrected chi connectivity index (χ3v) is 7.35. The van der Waals surface area contributed by atoms with Crippen LogP contribution >= 0.6 is 0 Å². The number of cyclic esters (lactones) is 1. The Kier molecular flexibility index (Phi) is 7.90. The third-order valence-electron chi connectivity index (χ3n) is 7.35. The van der Waals surface area contributed by atoms with E-state index in [2.05, 4.69) is 0 Å². The van der Waals surface area contributed by atoms with E-state index in [0.29, 0.717) is 50.3 Å². The lowest BCUT2D eigenvalue weighted by Gasteiger charge is -2.40. The van der Waals surface area contributed by atoms with Crippen LogP contribution in [0.5, 0.6) is 28.7 Å².